The van der Waals surface area contributed by atoms with Crippen molar-refractivity contribution in [3.63, 3.8) is 0 Å². The second-order valence-corrected chi connectivity index (χ2v) is 6.88. The van der Waals surface area contributed by atoms with Gasteiger partial charge in [0.2, 0.25) is 5.91 Å². The summed E-state index contributed by atoms with van der Waals surface area (Å²) in [6.07, 6.45) is 10.6. The van der Waals surface area contributed by atoms with Crippen LogP contribution in [-0.4, -0.2) is 58.7 Å². The Balaban J connectivity index is 1.49. The highest BCUT2D eigenvalue weighted by atomic mass is 16.5. The summed E-state index contributed by atoms with van der Waals surface area (Å²) in [6.45, 7) is 5.86. The molecule has 1 saturated heterocycles. The lowest BCUT2D eigenvalue weighted by atomic mass is 10.1. The summed E-state index contributed by atoms with van der Waals surface area (Å²) in [4.78, 5) is 19.1. The third kappa shape index (κ3) is 4.32. The van der Waals surface area contributed by atoms with Gasteiger partial charge in [-0.05, 0) is 18.8 Å². The van der Waals surface area contributed by atoms with Crippen molar-refractivity contribution >= 4 is 5.91 Å². The van der Waals surface area contributed by atoms with Crippen LogP contribution in [0.25, 0.3) is 0 Å². The van der Waals surface area contributed by atoms with Crippen molar-refractivity contribution in [3.05, 3.63) is 18.7 Å². The van der Waals surface area contributed by atoms with Crippen LogP contribution in [0, 0.1) is 5.92 Å². The van der Waals surface area contributed by atoms with Gasteiger partial charge in [0, 0.05) is 38.1 Å². The average molecular weight is 320 g/mol. The topological polar surface area (TPSA) is 59.4 Å². The molecule has 0 radical (unpaired) electrons. The molecular formula is C17H28N4O2. The standard InChI is InChI=1S/C17H28N4O2/c1-14(11-20-7-6-18-13-20)10-19-17(22)16-12-23-9-8-21(16)15-4-2-3-5-15/h6-7,13-16H,2-5,8-12H2,1H3,(H,19,22)/t14-,16-/m0/s1. The first-order valence-electron chi connectivity index (χ1n) is 8.81. The summed E-state index contributed by atoms with van der Waals surface area (Å²) < 4.78 is 7.62. The Morgan fingerprint density at radius 1 is 1.43 bits per heavy atom. The van der Waals surface area contributed by atoms with Crippen molar-refractivity contribution in [3.8, 4) is 0 Å². The predicted molar refractivity (Wildman–Crippen MR) is 88.0 cm³/mol. The number of amides is 1. The first kappa shape index (κ1) is 16.5. The maximum Gasteiger partial charge on any atom is 0.239 e. The molecule has 1 aromatic rings. The molecule has 2 heterocycles. The Kier molecular flexibility index (Phi) is 5.67. The van der Waals surface area contributed by atoms with Crippen molar-refractivity contribution in [1.82, 2.24) is 19.8 Å². The first-order chi connectivity index (χ1) is 11.2. The molecule has 1 aromatic heterocycles. The number of nitrogens with one attached hydrogen (secondary N) is 1. The van der Waals surface area contributed by atoms with E-state index in [1.54, 1.807) is 6.20 Å². The third-order valence-corrected chi connectivity index (χ3v) is 4.97. The molecule has 2 atom stereocenters. The number of aromatic nitrogens is 2. The lowest BCUT2D eigenvalue weighted by Crippen LogP contribution is -2.57. The van der Waals surface area contributed by atoms with Gasteiger partial charge < -0.3 is 14.6 Å². The number of morpholine rings is 1. The molecule has 1 saturated carbocycles. The molecule has 1 aliphatic heterocycles. The molecule has 2 fully saturated rings. The molecule has 128 valence electrons. The number of nitrogens with zero attached hydrogens (tertiary/aromatic N) is 3. The number of carbonyl (C=O) groups excluding carboxylic acids is 1. The van der Waals surface area contributed by atoms with Crippen molar-refractivity contribution in [1.29, 1.82) is 0 Å². The van der Waals surface area contributed by atoms with Gasteiger partial charge in [0.1, 0.15) is 6.04 Å². The minimum absolute atomic E-state index is 0.118. The van der Waals surface area contributed by atoms with Gasteiger partial charge >= 0.3 is 0 Å². The molecule has 3 rings (SSSR count). The molecular weight excluding hydrogens is 292 g/mol. The van der Waals surface area contributed by atoms with E-state index in [1.165, 1.54) is 25.7 Å². The minimum Gasteiger partial charge on any atom is -0.378 e. The van der Waals surface area contributed by atoms with E-state index in [0.29, 0.717) is 25.1 Å². The Labute approximate surface area is 138 Å². The zero-order valence-electron chi connectivity index (χ0n) is 14.0. The van der Waals surface area contributed by atoms with E-state index in [9.17, 15) is 4.79 Å². The van der Waals surface area contributed by atoms with Gasteiger partial charge in [0.15, 0.2) is 0 Å². The van der Waals surface area contributed by atoms with Crippen LogP contribution >= 0.6 is 0 Å². The van der Waals surface area contributed by atoms with Crippen LogP contribution < -0.4 is 5.32 Å². The van der Waals surface area contributed by atoms with Gasteiger partial charge in [0.25, 0.3) is 0 Å². The van der Waals surface area contributed by atoms with Crippen molar-refractivity contribution < 1.29 is 9.53 Å². The number of ether oxygens (including phenoxy) is 1. The van der Waals surface area contributed by atoms with E-state index in [4.69, 9.17) is 4.74 Å². The second-order valence-electron chi connectivity index (χ2n) is 6.88. The van der Waals surface area contributed by atoms with Gasteiger partial charge in [-0.3, -0.25) is 9.69 Å². The van der Waals surface area contributed by atoms with Crippen LogP contribution in [0.5, 0.6) is 0 Å². The van der Waals surface area contributed by atoms with Crippen molar-refractivity contribution in [2.45, 2.75) is 51.2 Å². The van der Waals surface area contributed by atoms with Gasteiger partial charge in [-0.2, -0.15) is 0 Å². The van der Waals surface area contributed by atoms with Crippen molar-refractivity contribution in [2.24, 2.45) is 5.92 Å². The molecule has 0 spiro atoms. The van der Waals surface area contributed by atoms with Gasteiger partial charge in [-0.25, -0.2) is 4.98 Å². The molecule has 0 unspecified atom stereocenters. The fraction of sp³-hybridized carbons (Fsp3) is 0.765. The number of rotatable bonds is 6. The quantitative estimate of drug-likeness (QED) is 0.858. The van der Waals surface area contributed by atoms with Gasteiger partial charge in [-0.1, -0.05) is 19.8 Å². The molecule has 0 aromatic carbocycles. The van der Waals surface area contributed by atoms with Gasteiger partial charge in [-0.15, -0.1) is 0 Å². The fourth-order valence-electron chi connectivity index (χ4n) is 3.73. The molecule has 0 bridgehead atoms. The van der Waals surface area contributed by atoms with E-state index < -0.39 is 0 Å². The molecule has 1 N–H and O–H groups in total. The normalized spacial score (nSPS) is 24.7. The smallest absolute Gasteiger partial charge is 0.239 e. The van der Waals surface area contributed by atoms with Crippen LogP contribution in [-0.2, 0) is 16.1 Å². The Morgan fingerprint density at radius 2 is 2.26 bits per heavy atom. The molecule has 1 aliphatic carbocycles. The zero-order chi connectivity index (χ0) is 16.1. The zero-order valence-corrected chi connectivity index (χ0v) is 14.0. The lowest BCUT2D eigenvalue weighted by molar-refractivity contribution is -0.134. The summed E-state index contributed by atoms with van der Waals surface area (Å²) in [6, 6.07) is 0.449. The van der Waals surface area contributed by atoms with E-state index >= 15 is 0 Å². The summed E-state index contributed by atoms with van der Waals surface area (Å²) >= 11 is 0. The van der Waals surface area contributed by atoms with E-state index in [-0.39, 0.29) is 11.9 Å². The Hall–Kier alpha value is -1.40. The Bertz CT molecular complexity index is 485. The number of hydrogen-bond donors (Lipinski definition) is 1. The Morgan fingerprint density at radius 3 is 3.00 bits per heavy atom. The SMILES string of the molecule is C[C@@H](CNC(=O)[C@@H]1COCCN1C1CCCC1)Cn1ccnc1. The van der Waals surface area contributed by atoms with Crippen LogP contribution in [0.4, 0.5) is 0 Å². The first-order valence-corrected chi connectivity index (χ1v) is 8.81. The highest BCUT2D eigenvalue weighted by Gasteiger charge is 2.35. The van der Waals surface area contributed by atoms with Crippen LogP contribution in [0.3, 0.4) is 0 Å². The fourth-order valence-corrected chi connectivity index (χ4v) is 3.73. The predicted octanol–water partition coefficient (Wildman–Crippen LogP) is 1.28. The summed E-state index contributed by atoms with van der Waals surface area (Å²) in [5.41, 5.74) is 0. The molecule has 6 nitrogen and oxygen atoms in total. The van der Waals surface area contributed by atoms with E-state index in [1.807, 2.05) is 17.1 Å². The maximum atomic E-state index is 12.6. The van der Waals surface area contributed by atoms with Crippen LogP contribution in [0.1, 0.15) is 32.6 Å². The number of carbonyl (C=O) groups is 1. The van der Waals surface area contributed by atoms with Crippen LogP contribution in [0.15, 0.2) is 18.7 Å². The van der Waals surface area contributed by atoms with Crippen LogP contribution in [0.2, 0.25) is 0 Å². The number of hydrogen-bond acceptors (Lipinski definition) is 4. The summed E-state index contributed by atoms with van der Waals surface area (Å²) in [7, 11) is 0. The molecule has 23 heavy (non-hydrogen) atoms. The van der Waals surface area contributed by atoms with Crippen molar-refractivity contribution in [2.75, 3.05) is 26.3 Å². The monoisotopic (exact) mass is 320 g/mol. The molecule has 1 amide bonds. The highest BCUT2D eigenvalue weighted by Crippen LogP contribution is 2.26. The molecule has 6 heteroatoms. The number of imidazole rings is 1. The van der Waals surface area contributed by atoms with E-state index in [2.05, 4.69) is 22.1 Å². The largest absolute Gasteiger partial charge is 0.378 e. The van der Waals surface area contributed by atoms with E-state index in [0.717, 1.165) is 19.7 Å². The van der Waals surface area contributed by atoms with Gasteiger partial charge in [0.05, 0.1) is 19.5 Å². The third-order valence-electron chi connectivity index (χ3n) is 4.97. The summed E-state index contributed by atoms with van der Waals surface area (Å²) in [5, 5.41) is 3.12. The average Bonchev–Trinajstić information content (AvgIpc) is 3.26. The minimum atomic E-state index is -0.118. The molecule has 2 aliphatic rings. The lowest BCUT2D eigenvalue weighted by Gasteiger charge is -2.38. The maximum absolute atomic E-state index is 12.6. The second kappa shape index (κ2) is 7.93. The highest BCUT2D eigenvalue weighted by molar-refractivity contribution is 5.82. The summed E-state index contributed by atoms with van der Waals surface area (Å²) in [5.74, 6) is 0.492.